The highest BCUT2D eigenvalue weighted by atomic mass is 16.7. The zero-order chi connectivity index (χ0) is 11.1. The molecule has 1 unspecified atom stereocenters. The van der Waals surface area contributed by atoms with E-state index < -0.39 is 11.8 Å². The Morgan fingerprint density at radius 1 is 1.67 bits per heavy atom. The van der Waals surface area contributed by atoms with Gasteiger partial charge in [-0.25, -0.2) is 4.79 Å². The van der Waals surface area contributed by atoms with Crippen LogP contribution in [-0.2, 0) is 9.47 Å². The minimum atomic E-state index is -1.15. The van der Waals surface area contributed by atoms with Gasteiger partial charge in [-0.2, -0.15) is 0 Å². The average Bonchev–Trinajstić information content (AvgIpc) is 2.70. The second-order valence-corrected chi connectivity index (χ2v) is 3.74. The Hall–Kier alpha value is -1.40. The lowest BCUT2D eigenvalue weighted by atomic mass is 10.2. The quantitative estimate of drug-likeness (QED) is 0.794. The Labute approximate surface area is 85.8 Å². The Morgan fingerprint density at radius 2 is 2.40 bits per heavy atom. The molecule has 0 spiro atoms. The number of hydrogen-bond donors (Lipinski definition) is 1. The van der Waals surface area contributed by atoms with Gasteiger partial charge in [-0.15, -0.1) is 0 Å². The van der Waals surface area contributed by atoms with Crippen LogP contribution >= 0.6 is 0 Å². The molecule has 1 aromatic heterocycles. The molecule has 0 aromatic carbocycles. The molecule has 1 atom stereocenters. The van der Waals surface area contributed by atoms with Crippen LogP contribution in [0.15, 0.2) is 10.6 Å². The Balaban J connectivity index is 2.14. The number of carboxylic acid groups (broad SMARTS) is 1. The topological polar surface area (TPSA) is 81.8 Å². The van der Waals surface area contributed by atoms with E-state index in [0.717, 1.165) is 0 Å². The summed E-state index contributed by atoms with van der Waals surface area (Å²) in [6.07, 6.45) is -0.364. The maximum absolute atomic E-state index is 10.6. The first-order chi connectivity index (χ1) is 6.98. The van der Waals surface area contributed by atoms with Crippen LogP contribution in [0.4, 0.5) is 0 Å². The lowest BCUT2D eigenvalue weighted by Gasteiger charge is -2.15. The highest BCUT2D eigenvalue weighted by molar-refractivity contribution is 5.84. The number of ether oxygens (including phenoxy) is 2. The van der Waals surface area contributed by atoms with Crippen molar-refractivity contribution < 1.29 is 23.9 Å². The van der Waals surface area contributed by atoms with Gasteiger partial charge in [-0.1, -0.05) is 5.16 Å². The fraction of sp³-hybridized carbons (Fsp3) is 0.556. The van der Waals surface area contributed by atoms with Crippen molar-refractivity contribution in [3.05, 3.63) is 17.5 Å². The summed E-state index contributed by atoms with van der Waals surface area (Å²) in [6, 6.07) is 1.34. The molecule has 1 aliphatic heterocycles. The molecule has 1 fully saturated rings. The summed E-state index contributed by atoms with van der Waals surface area (Å²) in [5.74, 6) is -2.00. The zero-order valence-electron chi connectivity index (χ0n) is 8.39. The maximum Gasteiger partial charge on any atom is 0.374 e. The van der Waals surface area contributed by atoms with Crippen molar-refractivity contribution in [1.82, 2.24) is 5.16 Å². The van der Waals surface area contributed by atoms with Crippen LogP contribution in [0.25, 0.3) is 0 Å². The Bertz CT molecular complexity index is 384. The van der Waals surface area contributed by atoms with Gasteiger partial charge in [-0.3, -0.25) is 0 Å². The fourth-order valence-corrected chi connectivity index (χ4v) is 1.37. The fourth-order valence-electron chi connectivity index (χ4n) is 1.37. The second-order valence-electron chi connectivity index (χ2n) is 3.74. The third-order valence-corrected chi connectivity index (χ3v) is 2.08. The number of carboxylic acids is 1. The van der Waals surface area contributed by atoms with Crippen molar-refractivity contribution in [1.29, 1.82) is 0 Å². The number of hydrogen-bond acceptors (Lipinski definition) is 5. The zero-order valence-corrected chi connectivity index (χ0v) is 8.39. The standard InChI is InChI=1S/C9H11NO5/c1-9(2)13-4-7(14-9)5-3-6(8(11)12)15-10-5/h3,7H,4H2,1-2H3,(H,11,12). The van der Waals surface area contributed by atoms with Gasteiger partial charge in [0.05, 0.1) is 6.61 Å². The molecule has 82 valence electrons. The molecule has 2 rings (SSSR count). The van der Waals surface area contributed by atoms with Gasteiger partial charge in [-0.05, 0) is 13.8 Å². The summed E-state index contributed by atoms with van der Waals surface area (Å²) < 4.78 is 15.4. The number of aromatic carboxylic acids is 1. The van der Waals surface area contributed by atoms with Crippen LogP contribution in [0.5, 0.6) is 0 Å². The van der Waals surface area contributed by atoms with E-state index >= 15 is 0 Å². The largest absolute Gasteiger partial charge is 0.475 e. The lowest BCUT2D eigenvalue weighted by Crippen LogP contribution is -2.19. The van der Waals surface area contributed by atoms with Gasteiger partial charge in [0, 0.05) is 6.07 Å². The summed E-state index contributed by atoms with van der Waals surface area (Å²) in [5.41, 5.74) is 0.443. The summed E-state index contributed by atoms with van der Waals surface area (Å²) >= 11 is 0. The average molecular weight is 213 g/mol. The highest BCUT2D eigenvalue weighted by Crippen LogP contribution is 2.32. The summed E-state index contributed by atoms with van der Waals surface area (Å²) in [5, 5.41) is 12.3. The first-order valence-electron chi connectivity index (χ1n) is 4.49. The van der Waals surface area contributed by atoms with Crippen LogP contribution < -0.4 is 0 Å². The molecule has 0 aliphatic carbocycles. The summed E-state index contributed by atoms with van der Waals surface area (Å²) in [7, 11) is 0. The lowest BCUT2D eigenvalue weighted by molar-refractivity contribution is -0.139. The van der Waals surface area contributed by atoms with Crippen molar-refractivity contribution in [2.45, 2.75) is 25.7 Å². The number of aromatic nitrogens is 1. The van der Waals surface area contributed by atoms with E-state index in [1.54, 1.807) is 13.8 Å². The van der Waals surface area contributed by atoms with E-state index in [-0.39, 0.29) is 11.9 Å². The second kappa shape index (κ2) is 3.32. The molecule has 0 radical (unpaired) electrons. The van der Waals surface area contributed by atoms with Crippen molar-refractivity contribution in [2.24, 2.45) is 0 Å². The first-order valence-corrected chi connectivity index (χ1v) is 4.49. The molecule has 1 aromatic rings. The summed E-state index contributed by atoms with van der Waals surface area (Å²) in [4.78, 5) is 10.6. The predicted molar refractivity (Wildman–Crippen MR) is 47.3 cm³/mol. The maximum atomic E-state index is 10.6. The SMILES string of the molecule is CC1(C)OCC(c2cc(C(=O)O)on2)O1. The molecular formula is C9H11NO5. The molecule has 2 heterocycles. The van der Waals surface area contributed by atoms with Crippen LogP contribution in [0.2, 0.25) is 0 Å². The van der Waals surface area contributed by atoms with Gasteiger partial charge >= 0.3 is 5.97 Å². The van der Waals surface area contributed by atoms with Crippen molar-refractivity contribution in [3.8, 4) is 0 Å². The van der Waals surface area contributed by atoms with Crippen LogP contribution in [0.1, 0.15) is 36.2 Å². The molecule has 1 N–H and O–H groups in total. The van der Waals surface area contributed by atoms with Crippen molar-refractivity contribution in [2.75, 3.05) is 6.61 Å². The molecule has 0 saturated carbocycles. The molecule has 15 heavy (non-hydrogen) atoms. The monoisotopic (exact) mass is 213 g/mol. The van der Waals surface area contributed by atoms with E-state index in [4.69, 9.17) is 14.6 Å². The van der Waals surface area contributed by atoms with Crippen LogP contribution in [0.3, 0.4) is 0 Å². The van der Waals surface area contributed by atoms with Crippen molar-refractivity contribution >= 4 is 5.97 Å². The normalized spacial score (nSPS) is 24.3. The van der Waals surface area contributed by atoms with E-state index in [9.17, 15) is 4.79 Å². The van der Waals surface area contributed by atoms with Crippen LogP contribution in [0, 0.1) is 0 Å². The number of nitrogens with zero attached hydrogens (tertiary/aromatic N) is 1. The number of rotatable bonds is 2. The van der Waals surface area contributed by atoms with Gasteiger partial charge < -0.3 is 19.1 Å². The minimum absolute atomic E-state index is 0.196. The molecule has 6 nitrogen and oxygen atoms in total. The Kier molecular flexibility index (Phi) is 2.24. The van der Waals surface area contributed by atoms with Gasteiger partial charge in [0.15, 0.2) is 5.79 Å². The highest BCUT2D eigenvalue weighted by Gasteiger charge is 2.35. The molecule has 6 heteroatoms. The van der Waals surface area contributed by atoms with Gasteiger partial charge in [0.25, 0.3) is 0 Å². The summed E-state index contributed by atoms with van der Waals surface area (Å²) in [6.45, 7) is 3.91. The predicted octanol–water partition coefficient (Wildman–Crippen LogP) is 1.20. The van der Waals surface area contributed by atoms with Crippen LogP contribution in [-0.4, -0.2) is 28.6 Å². The smallest absolute Gasteiger partial charge is 0.374 e. The van der Waals surface area contributed by atoms with Gasteiger partial charge in [0.1, 0.15) is 11.8 Å². The third kappa shape index (κ3) is 2.00. The van der Waals surface area contributed by atoms with E-state index in [1.807, 2.05) is 0 Å². The van der Waals surface area contributed by atoms with Gasteiger partial charge in [0.2, 0.25) is 5.76 Å². The third-order valence-electron chi connectivity index (χ3n) is 2.08. The molecule has 1 aliphatic rings. The molecular weight excluding hydrogens is 202 g/mol. The van der Waals surface area contributed by atoms with E-state index in [2.05, 4.69) is 9.68 Å². The van der Waals surface area contributed by atoms with E-state index in [1.165, 1.54) is 6.07 Å². The Morgan fingerprint density at radius 3 is 2.87 bits per heavy atom. The molecule has 0 amide bonds. The minimum Gasteiger partial charge on any atom is -0.475 e. The molecule has 0 bridgehead atoms. The first kappa shape index (κ1) is 10.1. The number of carbonyl (C=O) groups is 1. The molecule has 1 saturated heterocycles. The van der Waals surface area contributed by atoms with E-state index in [0.29, 0.717) is 12.3 Å². The van der Waals surface area contributed by atoms with Crippen molar-refractivity contribution in [3.63, 3.8) is 0 Å².